The van der Waals surface area contributed by atoms with Crippen molar-refractivity contribution in [2.45, 2.75) is 13.8 Å². The topological polar surface area (TPSA) is 52.3 Å². The van der Waals surface area contributed by atoms with Crippen LogP contribution in [0.3, 0.4) is 0 Å². The number of halogens is 2. The molecule has 0 saturated carbocycles. The van der Waals surface area contributed by atoms with Gasteiger partial charge in [-0.3, -0.25) is 0 Å². The average Bonchev–Trinajstić information content (AvgIpc) is 2.70. The Morgan fingerprint density at radius 2 is 2.20 bits per heavy atom. The molecule has 0 aliphatic carbocycles. The first-order chi connectivity index (χ1) is 9.45. The van der Waals surface area contributed by atoms with Crippen LogP contribution in [-0.4, -0.2) is 12.6 Å². The fourth-order valence-electron chi connectivity index (χ4n) is 1.80. The van der Waals surface area contributed by atoms with Gasteiger partial charge in [0.25, 0.3) is 0 Å². The summed E-state index contributed by atoms with van der Waals surface area (Å²) in [6.45, 7) is 3.71. The summed E-state index contributed by atoms with van der Waals surface area (Å²) in [5.74, 6) is -0.902. The molecule has 0 saturated heterocycles. The zero-order valence-corrected chi connectivity index (χ0v) is 12.6. The van der Waals surface area contributed by atoms with Gasteiger partial charge in [0.05, 0.1) is 12.3 Å². The van der Waals surface area contributed by atoms with Crippen LogP contribution in [0.2, 0.25) is 5.02 Å². The van der Waals surface area contributed by atoms with Gasteiger partial charge in [-0.15, -0.1) is 11.3 Å². The number of hydrogen-bond donors (Lipinski definition) is 1. The van der Waals surface area contributed by atoms with E-state index in [2.05, 4.69) is 0 Å². The molecule has 1 aromatic carbocycles. The number of anilines is 1. The summed E-state index contributed by atoms with van der Waals surface area (Å²) in [6.07, 6.45) is 0. The molecule has 0 amide bonds. The highest BCUT2D eigenvalue weighted by Gasteiger charge is 2.22. The Hall–Kier alpha value is -1.59. The highest BCUT2D eigenvalue weighted by atomic mass is 35.5. The Labute approximate surface area is 125 Å². The van der Waals surface area contributed by atoms with Crippen molar-refractivity contribution in [1.29, 1.82) is 0 Å². The maximum Gasteiger partial charge on any atom is 0.350 e. The Balaban J connectivity index is 2.56. The molecular weight excluding hydrogens is 301 g/mol. The van der Waals surface area contributed by atoms with Gasteiger partial charge >= 0.3 is 5.97 Å². The van der Waals surface area contributed by atoms with Crippen LogP contribution in [0.5, 0.6) is 0 Å². The van der Waals surface area contributed by atoms with Gasteiger partial charge in [0.15, 0.2) is 0 Å². The van der Waals surface area contributed by atoms with Crippen LogP contribution in [0.25, 0.3) is 10.4 Å². The van der Waals surface area contributed by atoms with Gasteiger partial charge in [-0.05, 0) is 37.6 Å². The molecule has 3 nitrogen and oxygen atoms in total. The third kappa shape index (κ3) is 2.64. The Kier molecular flexibility index (Phi) is 4.30. The predicted octanol–water partition coefficient (Wildman–Crippen LogP) is 4.27. The zero-order valence-electron chi connectivity index (χ0n) is 11.0. The van der Waals surface area contributed by atoms with E-state index in [0.29, 0.717) is 31.6 Å². The molecule has 0 spiro atoms. The molecule has 106 valence electrons. The van der Waals surface area contributed by atoms with Gasteiger partial charge in [-0.1, -0.05) is 11.6 Å². The summed E-state index contributed by atoms with van der Waals surface area (Å²) in [5, 5.41) is 0.422. The number of hydrogen-bond acceptors (Lipinski definition) is 4. The predicted molar refractivity (Wildman–Crippen MR) is 79.8 cm³/mol. The van der Waals surface area contributed by atoms with E-state index in [1.54, 1.807) is 13.8 Å². The molecule has 2 rings (SSSR count). The van der Waals surface area contributed by atoms with Gasteiger partial charge in [0, 0.05) is 15.5 Å². The molecule has 0 unspecified atom stereocenters. The van der Waals surface area contributed by atoms with Crippen molar-refractivity contribution in [2.75, 3.05) is 12.3 Å². The van der Waals surface area contributed by atoms with Crippen molar-refractivity contribution in [2.24, 2.45) is 0 Å². The molecule has 20 heavy (non-hydrogen) atoms. The van der Waals surface area contributed by atoms with Crippen molar-refractivity contribution < 1.29 is 13.9 Å². The molecule has 0 atom stereocenters. The van der Waals surface area contributed by atoms with E-state index in [9.17, 15) is 9.18 Å². The Bertz CT molecular complexity index is 669. The maximum absolute atomic E-state index is 13.9. The molecule has 1 aromatic heterocycles. The number of nitrogens with two attached hydrogens (primary N) is 1. The second kappa shape index (κ2) is 5.81. The molecule has 2 N–H and O–H groups in total. The van der Waals surface area contributed by atoms with Crippen molar-refractivity contribution in [3.8, 4) is 10.4 Å². The summed E-state index contributed by atoms with van der Waals surface area (Å²) < 4.78 is 18.9. The summed E-state index contributed by atoms with van der Waals surface area (Å²) in [4.78, 5) is 12.7. The van der Waals surface area contributed by atoms with Crippen LogP contribution >= 0.6 is 22.9 Å². The normalized spacial score (nSPS) is 10.6. The van der Waals surface area contributed by atoms with E-state index in [1.807, 2.05) is 0 Å². The summed E-state index contributed by atoms with van der Waals surface area (Å²) in [5.41, 5.74) is 7.22. The van der Waals surface area contributed by atoms with Gasteiger partial charge in [0.1, 0.15) is 10.7 Å². The minimum atomic E-state index is -0.494. The van der Waals surface area contributed by atoms with Crippen molar-refractivity contribution in [3.63, 3.8) is 0 Å². The Morgan fingerprint density at radius 3 is 2.85 bits per heavy atom. The van der Waals surface area contributed by atoms with Gasteiger partial charge in [-0.2, -0.15) is 0 Å². The molecule has 0 fully saturated rings. The first kappa shape index (κ1) is 14.8. The summed E-state index contributed by atoms with van der Waals surface area (Å²) in [6, 6.07) is 4.28. The number of thiophene rings is 1. The fraction of sp³-hybridized carbons (Fsp3) is 0.214. The molecule has 1 heterocycles. The zero-order chi connectivity index (χ0) is 14.9. The molecule has 0 aliphatic rings. The standard InChI is InChI=1S/C14H13ClFNO2S/c1-3-19-14(18)13-11(17)7(2)12(20-13)9-6-8(15)4-5-10(9)16/h4-6H,3,17H2,1-2H3. The highest BCUT2D eigenvalue weighted by molar-refractivity contribution is 7.18. The van der Waals surface area contributed by atoms with Crippen molar-refractivity contribution in [1.82, 2.24) is 0 Å². The first-order valence-corrected chi connectivity index (χ1v) is 7.16. The lowest BCUT2D eigenvalue weighted by molar-refractivity contribution is 0.0533. The number of ether oxygens (including phenoxy) is 1. The molecule has 6 heteroatoms. The summed E-state index contributed by atoms with van der Waals surface area (Å²) >= 11 is 7.00. The third-order valence-electron chi connectivity index (χ3n) is 2.83. The minimum Gasteiger partial charge on any atom is -0.462 e. The lowest BCUT2D eigenvalue weighted by atomic mass is 10.1. The molecule has 2 aromatic rings. The van der Waals surface area contributed by atoms with Crippen LogP contribution in [0.15, 0.2) is 18.2 Å². The fourth-order valence-corrected chi connectivity index (χ4v) is 3.11. The Morgan fingerprint density at radius 1 is 1.50 bits per heavy atom. The lowest BCUT2D eigenvalue weighted by Crippen LogP contribution is -2.05. The van der Waals surface area contributed by atoms with E-state index in [0.717, 1.165) is 11.3 Å². The second-order valence-electron chi connectivity index (χ2n) is 4.14. The first-order valence-electron chi connectivity index (χ1n) is 5.97. The number of nitrogen functional groups attached to an aromatic ring is 1. The number of carbonyl (C=O) groups is 1. The van der Waals surface area contributed by atoms with Crippen LogP contribution in [0.1, 0.15) is 22.2 Å². The van der Waals surface area contributed by atoms with Gasteiger partial charge in [-0.25, -0.2) is 9.18 Å². The van der Waals surface area contributed by atoms with Crippen LogP contribution in [-0.2, 0) is 4.74 Å². The van der Waals surface area contributed by atoms with E-state index >= 15 is 0 Å². The van der Waals surface area contributed by atoms with Crippen molar-refractivity contribution >= 4 is 34.6 Å². The van der Waals surface area contributed by atoms with Gasteiger partial charge < -0.3 is 10.5 Å². The largest absolute Gasteiger partial charge is 0.462 e. The molecule has 0 bridgehead atoms. The van der Waals surface area contributed by atoms with Gasteiger partial charge in [0.2, 0.25) is 0 Å². The van der Waals surface area contributed by atoms with Crippen LogP contribution in [0.4, 0.5) is 10.1 Å². The number of carbonyl (C=O) groups excluding carboxylic acids is 1. The smallest absolute Gasteiger partial charge is 0.350 e. The van der Waals surface area contributed by atoms with E-state index in [-0.39, 0.29) is 6.61 Å². The maximum atomic E-state index is 13.9. The third-order valence-corrected chi connectivity index (χ3v) is 4.38. The van der Waals surface area contributed by atoms with E-state index < -0.39 is 11.8 Å². The van der Waals surface area contributed by atoms with E-state index in [4.69, 9.17) is 22.1 Å². The van der Waals surface area contributed by atoms with Crippen LogP contribution in [0, 0.1) is 12.7 Å². The molecular formula is C14H13ClFNO2S. The van der Waals surface area contributed by atoms with Crippen molar-refractivity contribution in [3.05, 3.63) is 39.5 Å². The highest BCUT2D eigenvalue weighted by Crippen LogP contribution is 2.40. The average molecular weight is 314 g/mol. The minimum absolute atomic E-state index is 0.260. The molecule has 0 aliphatic heterocycles. The molecule has 0 radical (unpaired) electrons. The van der Waals surface area contributed by atoms with Crippen LogP contribution < -0.4 is 5.73 Å². The van der Waals surface area contributed by atoms with E-state index in [1.165, 1.54) is 18.2 Å². The quantitative estimate of drug-likeness (QED) is 0.861. The number of esters is 1. The lowest BCUT2D eigenvalue weighted by Gasteiger charge is -2.02. The second-order valence-corrected chi connectivity index (χ2v) is 5.60. The SMILES string of the molecule is CCOC(=O)c1sc(-c2cc(Cl)ccc2F)c(C)c1N. The number of benzene rings is 1. The monoisotopic (exact) mass is 313 g/mol. The number of rotatable bonds is 3. The summed E-state index contributed by atoms with van der Waals surface area (Å²) in [7, 11) is 0.